The molecule has 2 atom stereocenters. The lowest BCUT2D eigenvalue weighted by Crippen LogP contribution is -2.71. The molecule has 1 fully saturated rings. The zero-order valence-corrected chi connectivity index (χ0v) is 19.7. The van der Waals surface area contributed by atoms with Gasteiger partial charge in [-0.15, -0.1) is 16.3 Å². The summed E-state index contributed by atoms with van der Waals surface area (Å²) >= 11 is 2.24. The van der Waals surface area contributed by atoms with E-state index in [4.69, 9.17) is 10.6 Å². The Morgan fingerprint density at radius 1 is 1.46 bits per heavy atom. The van der Waals surface area contributed by atoms with Gasteiger partial charge in [-0.2, -0.15) is 9.36 Å². The van der Waals surface area contributed by atoms with Crippen LogP contribution < -0.4 is 15.6 Å². The van der Waals surface area contributed by atoms with Crippen molar-refractivity contribution in [3.8, 4) is 0 Å². The Balaban J connectivity index is 1.37. The van der Waals surface area contributed by atoms with Crippen LogP contribution in [0.2, 0.25) is 0 Å². The van der Waals surface area contributed by atoms with Gasteiger partial charge in [0.05, 0.1) is 6.20 Å². The molecule has 0 bridgehead atoms. The zero-order chi connectivity index (χ0) is 24.7. The maximum atomic E-state index is 13.0. The summed E-state index contributed by atoms with van der Waals surface area (Å²) in [5.41, 5.74) is 6.60. The number of nitrogen functional groups attached to an aromatic ring is 1. The van der Waals surface area contributed by atoms with Crippen LogP contribution in [0.15, 0.2) is 47.1 Å². The Hall–Kier alpha value is -4.05. The third kappa shape index (κ3) is 3.95. The van der Waals surface area contributed by atoms with Gasteiger partial charge < -0.3 is 21.0 Å². The van der Waals surface area contributed by atoms with Crippen LogP contribution in [-0.4, -0.2) is 76.8 Å². The van der Waals surface area contributed by atoms with Gasteiger partial charge in [0, 0.05) is 28.9 Å². The van der Waals surface area contributed by atoms with Crippen LogP contribution in [-0.2, 0) is 25.8 Å². The van der Waals surface area contributed by atoms with Gasteiger partial charge in [0.2, 0.25) is 11.5 Å². The molecule has 0 radical (unpaired) electrons. The number of carboxylic acid groups (broad SMARTS) is 1. The molecule has 2 aliphatic rings. The number of aliphatic carboxylic acids is 1. The highest BCUT2D eigenvalue weighted by Gasteiger charge is 2.54. The van der Waals surface area contributed by atoms with E-state index >= 15 is 0 Å². The molecular weight excluding hydrogens is 498 g/mol. The highest BCUT2D eigenvalue weighted by atomic mass is 32.2. The van der Waals surface area contributed by atoms with Crippen molar-refractivity contribution in [1.29, 1.82) is 0 Å². The second-order valence-electron chi connectivity index (χ2n) is 7.45. The van der Waals surface area contributed by atoms with Crippen LogP contribution in [0.1, 0.15) is 5.82 Å². The van der Waals surface area contributed by atoms with Gasteiger partial charge in [0.15, 0.2) is 11.3 Å². The van der Waals surface area contributed by atoms with Crippen LogP contribution in [0.5, 0.6) is 0 Å². The van der Waals surface area contributed by atoms with Crippen molar-refractivity contribution in [2.24, 2.45) is 5.16 Å². The minimum atomic E-state index is -1.21. The topological polar surface area (TPSA) is 181 Å². The lowest BCUT2D eigenvalue weighted by atomic mass is 10.0. The molecule has 5 rings (SSSR count). The fourth-order valence-corrected chi connectivity index (χ4v) is 5.67. The summed E-state index contributed by atoms with van der Waals surface area (Å²) in [4.78, 5) is 47.8. The Morgan fingerprint density at radius 2 is 2.29 bits per heavy atom. The lowest BCUT2D eigenvalue weighted by Gasteiger charge is -2.49. The van der Waals surface area contributed by atoms with Crippen molar-refractivity contribution in [3.63, 3.8) is 0 Å². The number of nitrogens with one attached hydrogen (secondary N) is 1. The summed E-state index contributed by atoms with van der Waals surface area (Å²) in [6, 6.07) is 2.69. The van der Waals surface area contributed by atoms with E-state index in [1.165, 1.54) is 23.8 Å². The number of nitrogens with two attached hydrogens (primary N) is 1. The number of β-lactam (4-membered cyclic amide) rings is 1. The molecule has 1 saturated heterocycles. The number of fused-ring (bicyclic) bond motifs is 2. The van der Waals surface area contributed by atoms with E-state index in [1.807, 2.05) is 10.6 Å². The highest BCUT2D eigenvalue weighted by Crippen LogP contribution is 2.40. The number of hydrogen-bond acceptors (Lipinski definition) is 11. The molecule has 14 nitrogen and oxygen atoms in total. The second kappa shape index (κ2) is 8.95. The van der Waals surface area contributed by atoms with Crippen molar-refractivity contribution in [1.82, 2.24) is 29.2 Å². The summed E-state index contributed by atoms with van der Waals surface area (Å²) in [5.74, 6) is -2.17. The third-order valence-corrected chi connectivity index (χ3v) is 7.27. The standard InChI is InChI=1S/C19H17N9O5S2/c1-33-24-11(14-23-19(20)35-25-14)15(29)22-12-16(30)28-13(18(31)32)9(8-34-17(12)28)7-26-5-6-27-10(26)3-2-4-21-27/h2-6,12,17H,7-8H2,1H3,(H3-,20,22,23,25,29,31,32)/p+1/b24-11+/t12-,17+/m1/s1. The maximum absolute atomic E-state index is 13.0. The molecule has 0 unspecified atom stereocenters. The second-order valence-corrected chi connectivity index (χ2v) is 9.34. The number of imidazole rings is 1. The van der Waals surface area contributed by atoms with E-state index in [1.54, 1.807) is 29.2 Å². The average Bonchev–Trinajstić information content (AvgIpc) is 3.46. The SMILES string of the molecule is CO/N=C(/C(=O)N[C@@H]1C(=O)N2C(C(=O)O)=C(C[n+]3ccn4ncccc43)CS[C@@H]12)c1nsc(N)n1. The monoisotopic (exact) mass is 516 g/mol. The Bertz CT molecular complexity index is 1410. The summed E-state index contributed by atoms with van der Waals surface area (Å²) in [7, 11) is 1.25. The molecule has 2 amide bonds. The first-order valence-electron chi connectivity index (χ1n) is 10.1. The first-order valence-corrected chi connectivity index (χ1v) is 11.9. The number of oxime groups is 1. The molecule has 0 saturated carbocycles. The van der Waals surface area contributed by atoms with Crippen molar-refractivity contribution >= 4 is 57.6 Å². The van der Waals surface area contributed by atoms with E-state index in [2.05, 4.69) is 24.9 Å². The number of aromatic nitrogens is 5. The van der Waals surface area contributed by atoms with Crippen molar-refractivity contribution < 1.29 is 28.9 Å². The van der Waals surface area contributed by atoms with Crippen LogP contribution in [0.25, 0.3) is 5.65 Å². The molecule has 0 aliphatic carbocycles. The van der Waals surface area contributed by atoms with Crippen LogP contribution in [0.4, 0.5) is 5.13 Å². The molecule has 3 aromatic rings. The Morgan fingerprint density at radius 3 is 3.00 bits per heavy atom. The number of carbonyl (C=O) groups is 3. The predicted molar refractivity (Wildman–Crippen MR) is 123 cm³/mol. The molecule has 2 aliphatic heterocycles. The van der Waals surface area contributed by atoms with Gasteiger partial charge in [-0.1, -0.05) is 10.3 Å². The van der Waals surface area contributed by atoms with E-state index in [0.717, 1.165) is 17.2 Å². The van der Waals surface area contributed by atoms with Gasteiger partial charge >= 0.3 is 11.6 Å². The van der Waals surface area contributed by atoms with E-state index in [9.17, 15) is 19.5 Å². The van der Waals surface area contributed by atoms with E-state index in [0.29, 0.717) is 11.3 Å². The maximum Gasteiger partial charge on any atom is 0.352 e. The normalized spacial score (nSPS) is 20.0. The fourth-order valence-electron chi connectivity index (χ4n) is 3.90. The first kappa shape index (κ1) is 22.7. The Labute approximate surface area is 205 Å². The smallest absolute Gasteiger partial charge is 0.352 e. The molecule has 0 spiro atoms. The van der Waals surface area contributed by atoms with Crippen LogP contribution in [0, 0.1) is 0 Å². The number of carbonyl (C=O) groups excluding carboxylic acids is 2. The van der Waals surface area contributed by atoms with Gasteiger partial charge in [0.1, 0.15) is 37.0 Å². The molecular formula is C19H18N9O5S2+. The van der Waals surface area contributed by atoms with Crippen molar-refractivity contribution in [3.05, 3.63) is 47.8 Å². The average molecular weight is 517 g/mol. The molecule has 5 heterocycles. The number of carboxylic acids is 1. The van der Waals surface area contributed by atoms with Crippen LogP contribution in [0.3, 0.4) is 0 Å². The number of rotatable bonds is 7. The van der Waals surface area contributed by atoms with Gasteiger partial charge in [-0.3, -0.25) is 14.5 Å². The molecule has 3 aromatic heterocycles. The van der Waals surface area contributed by atoms with Crippen molar-refractivity contribution in [2.45, 2.75) is 18.0 Å². The first-order chi connectivity index (χ1) is 16.9. The summed E-state index contributed by atoms with van der Waals surface area (Å²) in [6.07, 6.45) is 5.21. The van der Waals surface area contributed by atoms with E-state index < -0.39 is 29.2 Å². The van der Waals surface area contributed by atoms with E-state index in [-0.39, 0.29) is 28.9 Å². The van der Waals surface area contributed by atoms with Gasteiger partial charge in [0.25, 0.3) is 11.8 Å². The summed E-state index contributed by atoms with van der Waals surface area (Å²) < 4.78 is 7.48. The number of amides is 2. The minimum absolute atomic E-state index is 0.0357. The number of nitrogens with zero attached hydrogens (tertiary/aromatic N) is 7. The van der Waals surface area contributed by atoms with Gasteiger partial charge in [-0.25, -0.2) is 9.36 Å². The number of anilines is 1. The molecule has 180 valence electrons. The minimum Gasteiger partial charge on any atom is -0.477 e. The largest absolute Gasteiger partial charge is 0.477 e. The van der Waals surface area contributed by atoms with Crippen LogP contribution >= 0.6 is 23.3 Å². The number of thioether (sulfide) groups is 1. The lowest BCUT2D eigenvalue weighted by molar-refractivity contribution is -0.662. The van der Waals surface area contributed by atoms with Gasteiger partial charge in [-0.05, 0) is 6.07 Å². The predicted octanol–water partition coefficient (Wildman–Crippen LogP) is -1.16. The van der Waals surface area contributed by atoms with Crippen molar-refractivity contribution in [2.75, 3.05) is 18.6 Å². The summed E-state index contributed by atoms with van der Waals surface area (Å²) in [5, 5.41) is 19.9. The summed E-state index contributed by atoms with van der Waals surface area (Å²) in [6.45, 7) is 0.270. The fraction of sp³-hybridized carbons (Fsp3) is 0.263. The molecule has 35 heavy (non-hydrogen) atoms. The highest BCUT2D eigenvalue weighted by molar-refractivity contribution is 8.00. The molecule has 4 N–H and O–H groups in total. The third-order valence-electron chi connectivity index (χ3n) is 5.39. The Kier molecular flexibility index (Phi) is 5.81. The zero-order valence-electron chi connectivity index (χ0n) is 18.1. The quantitative estimate of drug-likeness (QED) is 0.150. The molecule has 16 heteroatoms. The number of hydrogen-bond donors (Lipinski definition) is 3. The molecule has 0 aromatic carbocycles.